The number of halogens is 1. The van der Waals surface area contributed by atoms with Gasteiger partial charge in [0.1, 0.15) is 0 Å². The monoisotopic (exact) mass is 348 g/mol. The van der Waals surface area contributed by atoms with Gasteiger partial charge in [-0.3, -0.25) is 0 Å². The van der Waals surface area contributed by atoms with E-state index in [2.05, 4.69) is 40.9 Å². The number of rotatable bonds is 5. The normalized spacial score (nSPS) is 11.2. The van der Waals surface area contributed by atoms with E-state index in [9.17, 15) is 4.79 Å². The molecule has 0 aliphatic carbocycles. The number of carboxylic acid groups (broad SMARTS) is 1. The molecule has 21 heavy (non-hydrogen) atoms. The molecule has 0 bridgehead atoms. The second-order valence-electron chi connectivity index (χ2n) is 4.62. The highest BCUT2D eigenvalue weighted by Crippen LogP contribution is 2.23. The van der Waals surface area contributed by atoms with Gasteiger partial charge in [-0.15, -0.1) is 0 Å². The van der Waals surface area contributed by atoms with Gasteiger partial charge in [0.2, 0.25) is 0 Å². The molecule has 0 fully saturated rings. The molecule has 0 unspecified atom stereocenters. The zero-order valence-corrected chi connectivity index (χ0v) is 13.6. The minimum Gasteiger partial charge on any atom is -0.478 e. The van der Waals surface area contributed by atoms with Crippen molar-refractivity contribution in [3.8, 4) is 5.69 Å². The Bertz CT molecular complexity index is 690. The summed E-state index contributed by atoms with van der Waals surface area (Å²) in [5, 5.41) is 13.4. The lowest BCUT2D eigenvalue weighted by Crippen LogP contribution is -2.04. The predicted octanol–water partition coefficient (Wildman–Crippen LogP) is 3.86. The molecule has 2 aromatic rings. The SMILES string of the molecule is CCc1cc(CC)n(-c2cc(Br)ccc2/C=C/C(=O)O)n1. The van der Waals surface area contributed by atoms with E-state index < -0.39 is 5.97 Å². The first-order valence-electron chi connectivity index (χ1n) is 6.83. The van der Waals surface area contributed by atoms with E-state index in [4.69, 9.17) is 5.11 Å². The molecule has 5 heteroatoms. The van der Waals surface area contributed by atoms with Crippen LogP contribution in [0.1, 0.15) is 30.8 Å². The molecule has 0 saturated carbocycles. The van der Waals surface area contributed by atoms with Crippen LogP contribution < -0.4 is 0 Å². The van der Waals surface area contributed by atoms with E-state index in [1.54, 1.807) is 6.08 Å². The molecule has 0 spiro atoms. The Morgan fingerprint density at radius 2 is 2.10 bits per heavy atom. The van der Waals surface area contributed by atoms with Crippen molar-refractivity contribution < 1.29 is 9.90 Å². The first kappa shape index (κ1) is 15.5. The standard InChI is InChI=1S/C16H17BrN2O2/c1-3-13-10-14(4-2)19(18-13)15-9-12(17)7-5-11(15)6-8-16(20)21/h5-10H,3-4H2,1-2H3,(H,20,21)/b8-6+. The quantitative estimate of drug-likeness (QED) is 0.834. The van der Waals surface area contributed by atoms with Crippen LogP contribution in [0.2, 0.25) is 0 Å². The topological polar surface area (TPSA) is 55.1 Å². The highest BCUT2D eigenvalue weighted by Gasteiger charge is 2.11. The Hall–Kier alpha value is -1.88. The molecule has 0 aliphatic heterocycles. The Kier molecular flexibility index (Phi) is 4.96. The second kappa shape index (κ2) is 6.72. The van der Waals surface area contributed by atoms with E-state index in [0.29, 0.717) is 0 Å². The number of benzene rings is 1. The molecule has 4 nitrogen and oxygen atoms in total. The first-order valence-corrected chi connectivity index (χ1v) is 7.63. The number of aliphatic carboxylic acids is 1. The van der Waals surface area contributed by atoms with Crippen molar-refractivity contribution in [3.63, 3.8) is 0 Å². The van der Waals surface area contributed by atoms with E-state index in [0.717, 1.165) is 46.0 Å². The van der Waals surface area contributed by atoms with Gasteiger partial charge in [-0.2, -0.15) is 5.10 Å². The van der Waals surface area contributed by atoms with Crippen molar-refractivity contribution in [2.24, 2.45) is 0 Å². The molecule has 1 aromatic heterocycles. The average molecular weight is 349 g/mol. The second-order valence-corrected chi connectivity index (χ2v) is 5.54. The molecule has 2 rings (SSSR count). The fourth-order valence-corrected chi connectivity index (χ4v) is 2.46. The summed E-state index contributed by atoms with van der Waals surface area (Å²) in [6, 6.07) is 7.81. The van der Waals surface area contributed by atoms with Crippen molar-refractivity contribution in [3.05, 3.63) is 51.8 Å². The molecule has 0 atom stereocenters. The van der Waals surface area contributed by atoms with Crippen molar-refractivity contribution in [1.29, 1.82) is 0 Å². The lowest BCUT2D eigenvalue weighted by Gasteiger charge is -2.10. The van der Waals surface area contributed by atoms with Crippen LogP contribution in [-0.4, -0.2) is 20.9 Å². The van der Waals surface area contributed by atoms with Crippen LogP contribution in [0.5, 0.6) is 0 Å². The summed E-state index contributed by atoms with van der Waals surface area (Å²) in [6.45, 7) is 4.15. The van der Waals surface area contributed by atoms with Gasteiger partial charge >= 0.3 is 5.97 Å². The number of carboxylic acids is 1. The number of carbonyl (C=O) groups is 1. The van der Waals surface area contributed by atoms with Crippen molar-refractivity contribution in [2.75, 3.05) is 0 Å². The van der Waals surface area contributed by atoms with E-state index >= 15 is 0 Å². The fourth-order valence-electron chi connectivity index (χ4n) is 2.11. The molecule has 0 amide bonds. The molecule has 1 aromatic carbocycles. The van der Waals surface area contributed by atoms with Crippen LogP contribution in [0.3, 0.4) is 0 Å². The Labute approximate surface area is 132 Å². The summed E-state index contributed by atoms with van der Waals surface area (Å²) in [5.74, 6) is -0.964. The first-order chi connectivity index (χ1) is 10.0. The predicted molar refractivity (Wildman–Crippen MR) is 86.7 cm³/mol. The molecular formula is C16H17BrN2O2. The summed E-state index contributed by atoms with van der Waals surface area (Å²) >= 11 is 3.46. The molecule has 0 saturated heterocycles. The van der Waals surface area contributed by atoms with Gasteiger partial charge in [0.25, 0.3) is 0 Å². The third kappa shape index (κ3) is 3.61. The van der Waals surface area contributed by atoms with Crippen LogP contribution in [0.4, 0.5) is 0 Å². The summed E-state index contributed by atoms with van der Waals surface area (Å²) in [5.41, 5.74) is 3.83. The third-order valence-electron chi connectivity index (χ3n) is 3.18. The molecule has 1 heterocycles. The van der Waals surface area contributed by atoms with Gasteiger partial charge in [-0.05, 0) is 37.1 Å². The van der Waals surface area contributed by atoms with Crippen molar-refractivity contribution in [1.82, 2.24) is 9.78 Å². The fraction of sp³-hybridized carbons (Fsp3) is 0.250. The summed E-state index contributed by atoms with van der Waals surface area (Å²) in [7, 11) is 0. The lowest BCUT2D eigenvalue weighted by molar-refractivity contribution is -0.131. The maximum atomic E-state index is 10.7. The van der Waals surface area contributed by atoms with Crippen LogP contribution >= 0.6 is 15.9 Å². The van der Waals surface area contributed by atoms with E-state index in [-0.39, 0.29) is 0 Å². The van der Waals surface area contributed by atoms with Gasteiger partial charge in [0.15, 0.2) is 0 Å². The number of hydrogen-bond donors (Lipinski definition) is 1. The Morgan fingerprint density at radius 3 is 2.71 bits per heavy atom. The maximum absolute atomic E-state index is 10.7. The Balaban J connectivity index is 2.58. The number of aromatic nitrogens is 2. The van der Waals surface area contributed by atoms with E-state index in [1.807, 2.05) is 22.9 Å². The van der Waals surface area contributed by atoms with Crippen LogP contribution in [-0.2, 0) is 17.6 Å². The minimum atomic E-state index is -0.964. The van der Waals surface area contributed by atoms with Gasteiger partial charge in [0.05, 0.1) is 11.4 Å². The molecule has 0 radical (unpaired) electrons. The number of aryl methyl sites for hydroxylation is 2. The van der Waals surface area contributed by atoms with Gasteiger partial charge in [-0.1, -0.05) is 35.8 Å². The largest absolute Gasteiger partial charge is 0.478 e. The third-order valence-corrected chi connectivity index (χ3v) is 3.68. The molecule has 0 aliphatic rings. The summed E-state index contributed by atoms with van der Waals surface area (Å²) in [4.78, 5) is 10.7. The van der Waals surface area contributed by atoms with Gasteiger partial charge in [0, 0.05) is 21.8 Å². The van der Waals surface area contributed by atoms with Crippen molar-refractivity contribution in [2.45, 2.75) is 26.7 Å². The Morgan fingerprint density at radius 1 is 1.33 bits per heavy atom. The molecular weight excluding hydrogens is 332 g/mol. The summed E-state index contributed by atoms with van der Waals surface area (Å²) < 4.78 is 2.83. The van der Waals surface area contributed by atoms with Crippen molar-refractivity contribution >= 4 is 28.0 Å². The zero-order valence-electron chi connectivity index (χ0n) is 12.0. The highest BCUT2D eigenvalue weighted by atomic mass is 79.9. The smallest absolute Gasteiger partial charge is 0.328 e. The minimum absolute atomic E-state index is 0.820. The van der Waals surface area contributed by atoms with Crippen LogP contribution in [0, 0.1) is 0 Å². The molecule has 110 valence electrons. The highest BCUT2D eigenvalue weighted by molar-refractivity contribution is 9.10. The molecule has 1 N–H and O–H groups in total. The maximum Gasteiger partial charge on any atom is 0.328 e. The van der Waals surface area contributed by atoms with Gasteiger partial charge < -0.3 is 5.11 Å². The number of hydrogen-bond acceptors (Lipinski definition) is 2. The average Bonchev–Trinajstić information content (AvgIpc) is 2.89. The summed E-state index contributed by atoms with van der Waals surface area (Å²) in [6.07, 6.45) is 4.47. The number of nitrogens with zero attached hydrogens (tertiary/aromatic N) is 2. The van der Waals surface area contributed by atoms with Crippen LogP contribution in [0.25, 0.3) is 11.8 Å². The lowest BCUT2D eigenvalue weighted by atomic mass is 10.1. The zero-order chi connectivity index (χ0) is 15.4. The van der Waals surface area contributed by atoms with Gasteiger partial charge in [-0.25, -0.2) is 9.48 Å². The van der Waals surface area contributed by atoms with E-state index in [1.165, 1.54) is 0 Å². The van der Waals surface area contributed by atoms with Crippen LogP contribution in [0.15, 0.2) is 34.8 Å².